The van der Waals surface area contributed by atoms with Gasteiger partial charge in [-0.2, -0.15) is 14.5 Å². The third-order valence-corrected chi connectivity index (χ3v) is 6.22. The molecule has 5 aromatic rings. The second-order valence-electron chi connectivity index (χ2n) is 7.56. The van der Waals surface area contributed by atoms with Gasteiger partial charge in [0, 0.05) is 27.8 Å². The molecule has 0 radical (unpaired) electrons. The molecule has 3 aromatic carbocycles. The van der Waals surface area contributed by atoms with Crippen LogP contribution in [0, 0.1) is 0 Å². The molecule has 8 heteroatoms. The molecule has 0 atom stereocenters. The van der Waals surface area contributed by atoms with Crippen LogP contribution < -0.4 is 11.2 Å². The van der Waals surface area contributed by atoms with Crippen molar-refractivity contribution < 1.29 is 0 Å². The van der Waals surface area contributed by atoms with Crippen molar-refractivity contribution in [2.75, 3.05) is 11.2 Å². The molecule has 0 unspecified atom stereocenters. The van der Waals surface area contributed by atoms with Crippen molar-refractivity contribution in [2.45, 2.75) is 5.16 Å². The van der Waals surface area contributed by atoms with Gasteiger partial charge in [-0.25, -0.2) is 0 Å². The van der Waals surface area contributed by atoms with Crippen LogP contribution in [0.5, 0.6) is 0 Å². The highest BCUT2D eigenvalue weighted by molar-refractivity contribution is 8.02. The van der Waals surface area contributed by atoms with E-state index in [-0.39, 0.29) is 0 Å². The number of hydrogen-bond donors (Lipinski definition) is 2. The van der Waals surface area contributed by atoms with E-state index in [1.807, 2.05) is 75.4 Å². The quantitative estimate of drug-likeness (QED) is 0.374. The number of anilines is 1. The zero-order valence-electron chi connectivity index (χ0n) is 17.5. The molecule has 0 fully saturated rings. The van der Waals surface area contributed by atoms with Crippen LogP contribution in [0.4, 0.5) is 5.69 Å². The van der Waals surface area contributed by atoms with E-state index >= 15 is 0 Å². The zero-order chi connectivity index (χ0) is 22.2. The molecule has 0 amide bonds. The SMILES string of the molecule is Nc1ccc(C2=CSc3nnc(-n4nc(-c5ccccc5)cc4-c4ccccc4)n3N2)cc1. The van der Waals surface area contributed by atoms with Gasteiger partial charge in [-0.05, 0) is 18.2 Å². The first-order valence-corrected chi connectivity index (χ1v) is 11.3. The summed E-state index contributed by atoms with van der Waals surface area (Å²) in [5, 5.41) is 16.5. The normalized spacial score (nSPS) is 12.7. The highest BCUT2D eigenvalue weighted by atomic mass is 32.2. The first kappa shape index (κ1) is 19.4. The van der Waals surface area contributed by atoms with E-state index in [0.29, 0.717) is 5.95 Å². The number of fused-ring (bicyclic) bond motifs is 1. The fourth-order valence-electron chi connectivity index (χ4n) is 3.73. The largest absolute Gasteiger partial charge is 0.399 e. The van der Waals surface area contributed by atoms with Gasteiger partial charge in [-0.3, -0.25) is 5.43 Å². The average Bonchev–Trinajstić information content (AvgIpc) is 3.50. The summed E-state index contributed by atoms with van der Waals surface area (Å²) in [4.78, 5) is 0. The van der Waals surface area contributed by atoms with Gasteiger partial charge in [-0.1, -0.05) is 84.6 Å². The number of nitrogens with zero attached hydrogens (tertiary/aromatic N) is 5. The number of rotatable bonds is 4. The van der Waals surface area contributed by atoms with Crippen LogP contribution in [-0.4, -0.2) is 24.7 Å². The smallest absolute Gasteiger partial charge is 0.272 e. The Balaban J connectivity index is 1.46. The number of aromatic nitrogens is 5. The van der Waals surface area contributed by atoms with Gasteiger partial charge in [0.2, 0.25) is 5.16 Å². The molecule has 0 bridgehead atoms. The summed E-state index contributed by atoms with van der Waals surface area (Å²) >= 11 is 1.51. The minimum Gasteiger partial charge on any atom is -0.399 e. The van der Waals surface area contributed by atoms with Gasteiger partial charge in [0.25, 0.3) is 5.95 Å². The Morgan fingerprint density at radius 3 is 2.18 bits per heavy atom. The minimum atomic E-state index is 0.583. The first-order valence-electron chi connectivity index (χ1n) is 10.4. The van der Waals surface area contributed by atoms with E-state index in [1.54, 1.807) is 0 Å². The summed E-state index contributed by atoms with van der Waals surface area (Å²) in [6.45, 7) is 0. The number of nitrogen functional groups attached to an aromatic ring is 1. The van der Waals surface area contributed by atoms with E-state index < -0.39 is 0 Å². The lowest BCUT2D eigenvalue weighted by Crippen LogP contribution is -2.21. The van der Waals surface area contributed by atoms with Crippen molar-refractivity contribution in [3.05, 3.63) is 102 Å². The predicted octanol–water partition coefficient (Wildman–Crippen LogP) is 5.03. The molecule has 3 N–H and O–H groups in total. The highest BCUT2D eigenvalue weighted by Gasteiger charge is 2.23. The van der Waals surface area contributed by atoms with Crippen molar-refractivity contribution in [1.29, 1.82) is 0 Å². The van der Waals surface area contributed by atoms with Crippen molar-refractivity contribution in [3.8, 4) is 28.5 Å². The summed E-state index contributed by atoms with van der Waals surface area (Å²) in [5.74, 6) is 0.583. The lowest BCUT2D eigenvalue weighted by atomic mass is 10.1. The summed E-state index contributed by atoms with van der Waals surface area (Å²) in [6.07, 6.45) is 0. The maximum atomic E-state index is 5.86. The Bertz CT molecular complexity index is 1450. The summed E-state index contributed by atoms with van der Waals surface area (Å²) < 4.78 is 3.71. The predicted molar refractivity (Wildman–Crippen MR) is 132 cm³/mol. The summed E-state index contributed by atoms with van der Waals surface area (Å²) in [6, 6.07) is 30.1. The minimum absolute atomic E-state index is 0.583. The lowest BCUT2D eigenvalue weighted by Gasteiger charge is -2.19. The molecular formula is C25H19N7S. The zero-order valence-corrected chi connectivity index (χ0v) is 18.3. The molecule has 1 aliphatic rings. The van der Waals surface area contributed by atoms with Crippen molar-refractivity contribution in [3.63, 3.8) is 0 Å². The Morgan fingerprint density at radius 1 is 0.758 bits per heavy atom. The number of nitrogens with one attached hydrogen (secondary N) is 1. The fraction of sp³-hybridized carbons (Fsp3) is 0. The van der Waals surface area contributed by atoms with Gasteiger partial charge < -0.3 is 5.73 Å². The van der Waals surface area contributed by atoms with Crippen LogP contribution in [0.15, 0.2) is 102 Å². The molecule has 7 nitrogen and oxygen atoms in total. The third-order valence-electron chi connectivity index (χ3n) is 5.39. The molecule has 160 valence electrons. The standard InChI is InChI=1S/C25H19N7S/c26-20-13-11-18(12-14-20)22-16-33-25-28-27-24(32(25)30-22)31-23(19-9-5-2-6-10-19)15-21(29-31)17-7-3-1-4-8-17/h1-16,30H,26H2. The van der Waals surface area contributed by atoms with Crippen molar-refractivity contribution in [1.82, 2.24) is 24.7 Å². The molecule has 0 aliphatic carbocycles. The third kappa shape index (κ3) is 3.56. The topological polar surface area (TPSA) is 86.6 Å². The van der Waals surface area contributed by atoms with Gasteiger partial charge in [0.15, 0.2) is 0 Å². The Labute approximate surface area is 194 Å². The van der Waals surface area contributed by atoms with Crippen molar-refractivity contribution >= 4 is 23.1 Å². The molecule has 33 heavy (non-hydrogen) atoms. The van der Waals surface area contributed by atoms with Gasteiger partial charge in [0.1, 0.15) is 0 Å². The highest BCUT2D eigenvalue weighted by Crippen LogP contribution is 2.32. The number of hydrogen-bond acceptors (Lipinski definition) is 6. The Hall–Kier alpha value is -4.30. The fourth-order valence-corrected chi connectivity index (χ4v) is 4.46. The van der Waals surface area contributed by atoms with Crippen LogP contribution in [0.25, 0.3) is 34.2 Å². The van der Waals surface area contributed by atoms with Crippen LogP contribution in [0.1, 0.15) is 5.56 Å². The number of benzene rings is 3. The molecule has 2 aromatic heterocycles. The Kier molecular flexibility index (Phi) is 4.70. The van der Waals surface area contributed by atoms with Crippen LogP contribution >= 0.6 is 11.8 Å². The second kappa shape index (κ2) is 7.99. The molecule has 3 heterocycles. The maximum Gasteiger partial charge on any atom is 0.272 e. The molecule has 6 rings (SSSR count). The summed E-state index contributed by atoms with van der Waals surface area (Å²) in [7, 11) is 0. The second-order valence-corrected chi connectivity index (χ2v) is 8.40. The van der Waals surface area contributed by atoms with E-state index in [0.717, 1.165) is 44.6 Å². The Morgan fingerprint density at radius 2 is 1.45 bits per heavy atom. The molecule has 1 aliphatic heterocycles. The summed E-state index contributed by atoms with van der Waals surface area (Å²) in [5.41, 5.74) is 15.9. The molecule has 0 spiro atoms. The maximum absolute atomic E-state index is 5.86. The lowest BCUT2D eigenvalue weighted by molar-refractivity contribution is 0.742. The van der Waals surface area contributed by atoms with Gasteiger partial charge >= 0.3 is 0 Å². The number of nitrogens with two attached hydrogens (primary N) is 1. The van der Waals surface area contributed by atoms with E-state index in [4.69, 9.17) is 10.8 Å². The molecular weight excluding hydrogens is 430 g/mol. The van der Waals surface area contributed by atoms with Gasteiger partial charge in [0.05, 0.1) is 17.1 Å². The van der Waals surface area contributed by atoms with Crippen molar-refractivity contribution in [2.24, 2.45) is 0 Å². The average molecular weight is 450 g/mol. The first-order chi connectivity index (χ1) is 16.3. The van der Waals surface area contributed by atoms with Crippen LogP contribution in [-0.2, 0) is 0 Å². The van der Waals surface area contributed by atoms with E-state index in [1.165, 1.54) is 11.8 Å². The van der Waals surface area contributed by atoms with Gasteiger partial charge in [-0.15, -0.1) is 10.2 Å². The van der Waals surface area contributed by atoms with Crippen LogP contribution in [0.2, 0.25) is 0 Å². The van der Waals surface area contributed by atoms with E-state index in [9.17, 15) is 0 Å². The van der Waals surface area contributed by atoms with E-state index in [2.05, 4.69) is 46.0 Å². The van der Waals surface area contributed by atoms with Crippen LogP contribution in [0.3, 0.4) is 0 Å². The molecule has 0 saturated heterocycles. The number of thioether (sulfide) groups is 1. The molecule has 0 saturated carbocycles. The monoisotopic (exact) mass is 449 g/mol.